The molecule has 0 spiro atoms. The Bertz CT molecular complexity index is 125. The van der Waals surface area contributed by atoms with Gasteiger partial charge >= 0.3 is 0 Å². The molecule has 4 atom stereocenters. The zero-order valence-electron chi connectivity index (χ0n) is 6.34. The summed E-state index contributed by atoms with van der Waals surface area (Å²) in [5.41, 5.74) is 0. The van der Waals surface area contributed by atoms with E-state index in [1.807, 2.05) is 0 Å². The lowest BCUT2D eigenvalue weighted by molar-refractivity contribution is -0.0187. The molecule has 2 aliphatic carbocycles. The standard InChI is InChI=1S/C9H15N/c1-4-9-8-3-2-7(8)6(1)5-10-9/h6-10H,1-5H2. The number of nitrogens with one attached hydrogen (secondary N) is 1. The third kappa shape index (κ3) is 0.531. The summed E-state index contributed by atoms with van der Waals surface area (Å²) in [5, 5.41) is 3.65. The molecule has 0 aromatic heterocycles. The quantitative estimate of drug-likeness (QED) is 0.532. The highest BCUT2D eigenvalue weighted by Crippen LogP contribution is 2.50. The van der Waals surface area contributed by atoms with Crippen molar-refractivity contribution in [2.75, 3.05) is 6.54 Å². The van der Waals surface area contributed by atoms with Crippen LogP contribution in [0.25, 0.3) is 0 Å². The van der Waals surface area contributed by atoms with Crippen LogP contribution in [-0.2, 0) is 0 Å². The molecule has 0 aromatic rings. The van der Waals surface area contributed by atoms with Crippen molar-refractivity contribution in [2.45, 2.75) is 31.7 Å². The first-order valence-electron chi connectivity index (χ1n) is 4.68. The maximum absolute atomic E-state index is 3.65. The molecule has 10 heavy (non-hydrogen) atoms. The monoisotopic (exact) mass is 137 g/mol. The molecule has 0 aromatic carbocycles. The minimum Gasteiger partial charge on any atom is -0.313 e. The molecule has 2 aliphatic heterocycles. The van der Waals surface area contributed by atoms with Gasteiger partial charge in [-0.25, -0.2) is 0 Å². The Morgan fingerprint density at radius 2 is 1.80 bits per heavy atom. The van der Waals surface area contributed by atoms with E-state index in [4.69, 9.17) is 0 Å². The highest BCUT2D eigenvalue weighted by molar-refractivity contribution is 5.01. The number of rotatable bonds is 0. The minimum absolute atomic E-state index is 0.934. The van der Waals surface area contributed by atoms with Crippen LogP contribution in [0.3, 0.4) is 0 Å². The predicted molar refractivity (Wildman–Crippen MR) is 40.7 cm³/mol. The van der Waals surface area contributed by atoms with E-state index in [1.165, 1.54) is 25.8 Å². The van der Waals surface area contributed by atoms with Gasteiger partial charge in [-0.1, -0.05) is 0 Å². The third-order valence-corrected chi connectivity index (χ3v) is 4.00. The molecule has 4 unspecified atom stereocenters. The molecule has 1 heteroatoms. The van der Waals surface area contributed by atoms with Gasteiger partial charge < -0.3 is 5.32 Å². The van der Waals surface area contributed by atoms with E-state index in [0.717, 1.165) is 23.8 Å². The molecular formula is C9H15N. The lowest BCUT2D eigenvalue weighted by Gasteiger charge is -2.55. The Kier molecular flexibility index (Phi) is 0.984. The summed E-state index contributed by atoms with van der Waals surface area (Å²) in [7, 11) is 0. The number of piperidine rings is 2. The number of hydrogen-bond acceptors (Lipinski definition) is 1. The van der Waals surface area contributed by atoms with E-state index < -0.39 is 0 Å². The van der Waals surface area contributed by atoms with Crippen LogP contribution in [0.5, 0.6) is 0 Å². The van der Waals surface area contributed by atoms with Gasteiger partial charge in [-0.2, -0.15) is 0 Å². The number of fused-ring (bicyclic) bond motifs is 2. The smallest absolute Gasteiger partial charge is 0.00983 e. The second-order valence-electron chi connectivity index (χ2n) is 4.26. The van der Waals surface area contributed by atoms with Crippen molar-refractivity contribution in [1.82, 2.24) is 5.32 Å². The van der Waals surface area contributed by atoms with Gasteiger partial charge in [0.25, 0.3) is 0 Å². The average Bonchev–Trinajstić information content (AvgIpc) is 1.88. The van der Waals surface area contributed by atoms with E-state index in [0.29, 0.717) is 0 Å². The van der Waals surface area contributed by atoms with Crippen molar-refractivity contribution >= 4 is 0 Å². The third-order valence-electron chi connectivity index (χ3n) is 4.00. The maximum Gasteiger partial charge on any atom is 0.00983 e. The molecule has 4 fully saturated rings. The molecule has 1 nitrogen and oxygen atoms in total. The molecule has 1 N–H and O–H groups in total. The van der Waals surface area contributed by atoms with Gasteiger partial charge in [-0.05, 0) is 50.0 Å². The Morgan fingerprint density at radius 3 is 2.10 bits per heavy atom. The van der Waals surface area contributed by atoms with Gasteiger partial charge in [-0.15, -0.1) is 0 Å². The summed E-state index contributed by atoms with van der Waals surface area (Å²) in [5.74, 6) is 3.33. The first kappa shape index (κ1) is 5.59. The lowest BCUT2D eigenvalue weighted by Crippen LogP contribution is -2.59. The highest BCUT2D eigenvalue weighted by atomic mass is 15.0. The van der Waals surface area contributed by atoms with Crippen molar-refractivity contribution < 1.29 is 0 Å². The first-order chi connectivity index (χ1) is 4.95. The van der Waals surface area contributed by atoms with Gasteiger partial charge in [0.05, 0.1) is 0 Å². The normalized spacial score (nSPS) is 57.6. The van der Waals surface area contributed by atoms with E-state index in [2.05, 4.69) is 5.32 Å². The van der Waals surface area contributed by atoms with Crippen LogP contribution in [-0.4, -0.2) is 12.6 Å². The molecule has 56 valence electrons. The summed E-state index contributed by atoms with van der Waals surface area (Å²) in [6.45, 7) is 1.34. The SMILES string of the molecule is C1CC2NCC1C1CCC21. The summed E-state index contributed by atoms with van der Waals surface area (Å²) < 4.78 is 0. The van der Waals surface area contributed by atoms with E-state index in [1.54, 1.807) is 6.42 Å². The van der Waals surface area contributed by atoms with E-state index in [-0.39, 0.29) is 0 Å². The zero-order chi connectivity index (χ0) is 6.55. The van der Waals surface area contributed by atoms with Crippen molar-refractivity contribution in [1.29, 1.82) is 0 Å². The van der Waals surface area contributed by atoms with Crippen LogP contribution in [0.15, 0.2) is 0 Å². The van der Waals surface area contributed by atoms with Crippen LogP contribution in [0, 0.1) is 17.8 Å². The fourth-order valence-electron chi connectivity index (χ4n) is 3.27. The van der Waals surface area contributed by atoms with Crippen molar-refractivity contribution in [3.8, 4) is 0 Å². The van der Waals surface area contributed by atoms with Crippen LogP contribution in [0.2, 0.25) is 0 Å². The van der Waals surface area contributed by atoms with Gasteiger partial charge in [-0.3, -0.25) is 0 Å². The van der Waals surface area contributed by atoms with Crippen molar-refractivity contribution in [3.05, 3.63) is 0 Å². The summed E-state index contributed by atoms with van der Waals surface area (Å²) >= 11 is 0. The van der Waals surface area contributed by atoms with Gasteiger partial charge in [0.2, 0.25) is 0 Å². The van der Waals surface area contributed by atoms with Crippen LogP contribution < -0.4 is 5.32 Å². The second-order valence-corrected chi connectivity index (χ2v) is 4.26. The average molecular weight is 137 g/mol. The fourth-order valence-corrected chi connectivity index (χ4v) is 3.27. The molecular weight excluding hydrogens is 122 g/mol. The van der Waals surface area contributed by atoms with Gasteiger partial charge in [0.15, 0.2) is 0 Å². The minimum atomic E-state index is 0.934. The van der Waals surface area contributed by atoms with E-state index in [9.17, 15) is 0 Å². The summed E-state index contributed by atoms with van der Waals surface area (Å²) in [4.78, 5) is 0. The zero-order valence-corrected chi connectivity index (χ0v) is 6.34. The molecule has 2 saturated carbocycles. The summed E-state index contributed by atoms with van der Waals surface area (Å²) in [6, 6.07) is 0.934. The van der Waals surface area contributed by atoms with Crippen molar-refractivity contribution in [3.63, 3.8) is 0 Å². The fraction of sp³-hybridized carbons (Fsp3) is 1.00. The molecule has 2 saturated heterocycles. The lowest BCUT2D eigenvalue weighted by atomic mass is 9.56. The van der Waals surface area contributed by atoms with Gasteiger partial charge in [0, 0.05) is 6.04 Å². The maximum atomic E-state index is 3.65. The topological polar surface area (TPSA) is 12.0 Å². The summed E-state index contributed by atoms with van der Waals surface area (Å²) in [6.07, 6.45) is 6.08. The van der Waals surface area contributed by atoms with Gasteiger partial charge in [0.1, 0.15) is 0 Å². The predicted octanol–water partition coefficient (Wildman–Crippen LogP) is 1.39. The molecule has 0 amide bonds. The van der Waals surface area contributed by atoms with Crippen LogP contribution >= 0.6 is 0 Å². The van der Waals surface area contributed by atoms with Crippen LogP contribution in [0.4, 0.5) is 0 Å². The van der Waals surface area contributed by atoms with Crippen molar-refractivity contribution in [2.24, 2.45) is 17.8 Å². The Morgan fingerprint density at radius 1 is 0.900 bits per heavy atom. The van der Waals surface area contributed by atoms with E-state index >= 15 is 0 Å². The molecule has 2 heterocycles. The Balaban J connectivity index is 1.88. The number of hydrogen-bond donors (Lipinski definition) is 1. The van der Waals surface area contributed by atoms with Crippen LogP contribution in [0.1, 0.15) is 25.7 Å². The Hall–Kier alpha value is -0.0400. The highest BCUT2D eigenvalue weighted by Gasteiger charge is 2.47. The molecule has 4 aliphatic rings. The largest absolute Gasteiger partial charge is 0.313 e. The molecule has 4 rings (SSSR count). The molecule has 0 radical (unpaired) electrons. The first-order valence-corrected chi connectivity index (χ1v) is 4.68. The second kappa shape index (κ2) is 1.76. The molecule has 2 bridgehead atoms. The Labute approximate surface area is 62.2 Å².